The van der Waals surface area contributed by atoms with Crippen molar-refractivity contribution >= 4 is 11.6 Å². The molecule has 0 N–H and O–H groups in total. The molecule has 0 saturated carbocycles. The van der Waals surface area contributed by atoms with Crippen LogP contribution in [0.15, 0.2) is 18.2 Å². The molecule has 1 aromatic rings. The lowest BCUT2D eigenvalue weighted by molar-refractivity contribution is -0.125. The number of hydrogen-bond donors (Lipinski definition) is 0. The standard InChI is InChI=1S/C14H17FO2/c1-9-5-6-10(7-11(9)15)12(16)8-13(17)14(2,3)4/h5-7H,8H2,1-4H3. The molecule has 0 aliphatic heterocycles. The molecule has 0 aliphatic carbocycles. The molecule has 1 aromatic carbocycles. The third-order valence-electron chi connectivity index (χ3n) is 2.65. The quantitative estimate of drug-likeness (QED) is 0.596. The highest BCUT2D eigenvalue weighted by Crippen LogP contribution is 2.19. The van der Waals surface area contributed by atoms with Crippen molar-refractivity contribution in [1.82, 2.24) is 0 Å². The van der Waals surface area contributed by atoms with Crippen LogP contribution in [0.4, 0.5) is 4.39 Å². The highest BCUT2D eigenvalue weighted by molar-refractivity contribution is 6.09. The Morgan fingerprint density at radius 1 is 1.24 bits per heavy atom. The molecule has 2 nitrogen and oxygen atoms in total. The van der Waals surface area contributed by atoms with E-state index >= 15 is 0 Å². The maximum Gasteiger partial charge on any atom is 0.170 e. The van der Waals surface area contributed by atoms with Gasteiger partial charge in [-0.05, 0) is 18.6 Å². The van der Waals surface area contributed by atoms with Crippen LogP contribution in [0, 0.1) is 18.2 Å². The Bertz CT molecular complexity index is 456. The second kappa shape index (κ2) is 4.78. The molecule has 0 saturated heterocycles. The Kier molecular flexibility index (Phi) is 3.81. The minimum atomic E-state index is -0.543. The van der Waals surface area contributed by atoms with Crippen molar-refractivity contribution < 1.29 is 14.0 Å². The summed E-state index contributed by atoms with van der Waals surface area (Å²) in [6.45, 7) is 6.92. The Balaban J connectivity index is 2.84. The van der Waals surface area contributed by atoms with E-state index in [1.165, 1.54) is 6.07 Å². The van der Waals surface area contributed by atoms with Gasteiger partial charge in [0.1, 0.15) is 11.6 Å². The first-order chi connectivity index (χ1) is 7.71. The van der Waals surface area contributed by atoms with Crippen LogP contribution < -0.4 is 0 Å². The fourth-order valence-electron chi connectivity index (χ4n) is 1.28. The highest BCUT2D eigenvalue weighted by Gasteiger charge is 2.24. The number of halogens is 1. The Hall–Kier alpha value is -1.51. The zero-order chi connectivity index (χ0) is 13.2. The van der Waals surface area contributed by atoms with E-state index in [-0.39, 0.29) is 23.6 Å². The van der Waals surface area contributed by atoms with Gasteiger partial charge in [0, 0.05) is 11.0 Å². The molecule has 92 valence electrons. The molecule has 0 aliphatic rings. The van der Waals surface area contributed by atoms with E-state index in [1.807, 2.05) is 0 Å². The molecular weight excluding hydrogens is 219 g/mol. The Morgan fingerprint density at radius 3 is 2.29 bits per heavy atom. The summed E-state index contributed by atoms with van der Waals surface area (Å²) in [6, 6.07) is 4.29. The predicted octanol–water partition coefficient (Wildman–Crippen LogP) is 3.32. The number of carbonyl (C=O) groups is 2. The summed E-state index contributed by atoms with van der Waals surface area (Å²) < 4.78 is 13.3. The van der Waals surface area contributed by atoms with Gasteiger partial charge in [-0.15, -0.1) is 0 Å². The van der Waals surface area contributed by atoms with Crippen molar-refractivity contribution in [1.29, 1.82) is 0 Å². The minimum Gasteiger partial charge on any atom is -0.299 e. The number of benzene rings is 1. The van der Waals surface area contributed by atoms with Crippen LogP contribution in [-0.2, 0) is 4.79 Å². The van der Waals surface area contributed by atoms with Crippen LogP contribution in [-0.4, -0.2) is 11.6 Å². The number of Topliss-reactive ketones (excluding diaryl/α,β-unsaturated/α-hetero) is 2. The molecule has 17 heavy (non-hydrogen) atoms. The summed E-state index contributed by atoms with van der Waals surface area (Å²) in [5.41, 5.74) is 0.202. The van der Waals surface area contributed by atoms with Gasteiger partial charge in [0.05, 0.1) is 6.42 Å². The maximum atomic E-state index is 13.3. The maximum absolute atomic E-state index is 13.3. The number of rotatable bonds is 3. The smallest absolute Gasteiger partial charge is 0.170 e. The average molecular weight is 236 g/mol. The number of hydrogen-bond acceptors (Lipinski definition) is 2. The molecule has 0 radical (unpaired) electrons. The highest BCUT2D eigenvalue weighted by atomic mass is 19.1. The van der Waals surface area contributed by atoms with Crippen molar-refractivity contribution in [2.75, 3.05) is 0 Å². The lowest BCUT2D eigenvalue weighted by Gasteiger charge is -2.15. The Morgan fingerprint density at radius 2 is 1.82 bits per heavy atom. The van der Waals surface area contributed by atoms with E-state index in [9.17, 15) is 14.0 Å². The molecule has 0 fully saturated rings. The monoisotopic (exact) mass is 236 g/mol. The molecule has 0 bridgehead atoms. The fourth-order valence-corrected chi connectivity index (χ4v) is 1.28. The van der Waals surface area contributed by atoms with Gasteiger partial charge in [0.25, 0.3) is 0 Å². The third-order valence-corrected chi connectivity index (χ3v) is 2.65. The fraction of sp³-hybridized carbons (Fsp3) is 0.429. The number of ketones is 2. The predicted molar refractivity (Wildman–Crippen MR) is 64.5 cm³/mol. The molecule has 0 heterocycles. The second-order valence-corrected chi connectivity index (χ2v) is 5.24. The second-order valence-electron chi connectivity index (χ2n) is 5.24. The first kappa shape index (κ1) is 13.6. The zero-order valence-corrected chi connectivity index (χ0v) is 10.6. The minimum absolute atomic E-state index is 0.136. The first-order valence-corrected chi connectivity index (χ1v) is 5.54. The first-order valence-electron chi connectivity index (χ1n) is 5.54. The summed E-state index contributed by atoms with van der Waals surface area (Å²) >= 11 is 0. The van der Waals surface area contributed by atoms with Gasteiger partial charge in [-0.3, -0.25) is 9.59 Å². The van der Waals surface area contributed by atoms with E-state index in [2.05, 4.69) is 0 Å². The molecular formula is C14H17FO2. The van der Waals surface area contributed by atoms with Gasteiger partial charge >= 0.3 is 0 Å². The van der Waals surface area contributed by atoms with Gasteiger partial charge in [0.15, 0.2) is 5.78 Å². The van der Waals surface area contributed by atoms with Gasteiger partial charge in [0.2, 0.25) is 0 Å². The number of aryl methyl sites for hydroxylation is 1. The van der Waals surface area contributed by atoms with Crippen LogP contribution in [0.5, 0.6) is 0 Å². The third kappa shape index (κ3) is 3.48. The van der Waals surface area contributed by atoms with Crippen molar-refractivity contribution in [3.05, 3.63) is 35.1 Å². The molecule has 1 rings (SSSR count). The van der Waals surface area contributed by atoms with Crippen LogP contribution in [0.3, 0.4) is 0 Å². The Labute approximate surface area is 101 Å². The molecule has 3 heteroatoms. The largest absolute Gasteiger partial charge is 0.299 e. The van der Waals surface area contributed by atoms with Crippen molar-refractivity contribution in [2.24, 2.45) is 5.41 Å². The molecule has 0 aromatic heterocycles. The van der Waals surface area contributed by atoms with Crippen LogP contribution in [0.25, 0.3) is 0 Å². The van der Waals surface area contributed by atoms with Gasteiger partial charge in [-0.1, -0.05) is 32.9 Å². The van der Waals surface area contributed by atoms with E-state index in [4.69, 9.17) is 0 Å². The average Bonchev–Trinajstić information content (AvgIpc) is 2.20. The van der Waals surface area contributed by atoms with Gasteiger partial charge in [-0.25, -0.2) is 4.39 Å². The van der Waals surface area contributed by atoms with Crippen molar-refractivity contribution in [3.63, 3.8) is 0 Å². The van der Waals surface area contributed by atoms with Crippen LogP contribution >= 0.6 is 0 Å². The normalized spacial score (nSPS) is 11.4. The van der Waals surface area contributed by atoms with Gasteiger partial charge in [-0.2, -0.15) is 0 Å². The van der Waals surface area contributed by atoms with E-state index in [0.29, 0.717) is 5.56 Å². The van der Waals surface area contributed by atoms with E-state index in [0.717, 1.165) is 0 Å². The SMILES string of the molecule is Cc1ccc(C(=O)CC(=O)C(C)(C)C)cc1F. The van der Waals surface area contributed by atoms with Crippen LogP contribution in [0.2, 0.25) is 0 Å². The summed E-state index contributed by atoms with van der Waals surface area (Å²) in [6.07, 6.45) is -0.175. The van der Waals surface area contributed by atoms with Gasteiger partial charge < -0.3 is 0 Å². The lowest BCUT2D eigenvalue weighted by atomic mass is 9.87. The summed E-state index contributed by atoms with van der Waals surface area (Å²) in [5, 5.41) is 0. The van der Waals surface area contributed by atoms with Crippen LogP contribution in [0.1, 0.15) is 43.1 Å². The summed E-state index contributed by atoms with van der Waals surface area (Å²) in [5.74, 6) is -0.883. The lowest BCUT2D eigenvalue weighted by Crippen LogP contribution is -2.23. The summed E-state index contributed by atoms with van der Waals surface area (Å²) in [7, 11) is 0. The topological polar surface area (TPSA) is 34.1 Å². The molecule has 0 unspecified atom stereocenters. The molecule has 0 atom stereocenters. The van der Waals surface area contributed by atoms with E-state index < -0.39 is 11.2 Å². The zero-order valence-electron chi connectivity index (χ0n) is 10.6. The van der Waals surface area contributed by atoms with Crippen molar-refractivity contribution in [3.8, 4) is 0 Å². The van der Waals surface area contributed by atoms with Crippen molar-refractivity contribution in [2.45, 2.75) is 34.1 Å². The summed E-state index contributed by atoms with van der Waals surface area (Å²) in [4.78, 5) is 23.5. The van der Waals surface area contributed by atoms with E-state index in [1.54, 1.807) is 39.8 Å². The molecule has 0 spiro atoms. The number of carbonyl (C=O) groups excluding carboxylic acids is 2. The molecule has 0 amide bonds.